The first-order valence-corrected chi connectivity index (χ1v) is 7.88. The highest BCUT2D eigenvalue weighted by atomic mass is 35.5. The number of rotatable bonds is 5. The van der Waals surface area contributed by atoms with Gasteiger partial charge >= 0.3 is 0 Å². The molecular formula is C17H20Cl2N2. The monoisotopic (exact) mass is 322 g/mol. The standard InChI is InChI=1S/C17H20Cl2N2/c1-4-20-17(15-7-5-11(2)21-12(15)3)10-13-9-14(18)6-8-16(13)19/h5-9,17,20H,4,10H2,1-3H3. The smallest absolute Gasteiger partial charge is 0.0439 e. The lowest BCUT2D eigenvalue weighted by Crippen LogP contribution is -2.24. The molecule has 1 heterocycles. The molecule has 1 atom stereocenters. The van der Waals surface area contributed by atoms with Gasteiger partial charge in [-0.3, -0.25) is 4.98 Å². The summed E-state index contributed by atoms with van der Waals surface area (Å²) in [7, 11) is 0. The van der Waals surface area contributed by atoms with E-state index < -0.39 is 0 Å². The Morgan fingerprint density at radius 3 is 2.57 bits per heavy atom. The van der Waals surface area contributed by atoms with E-state index in [0.29, 0.717) is 5.02 Å². The van der Waals surface area contributed by atoms with Crippen LogP contribution in [0.1, 0.15) is 35.5 Å². The zero-order valence-electron chi connectivity index (χ0n) is 12.6. The molecule has 0 saturated carbocycles. The van der Waals surface area contributed by atoms with Gasteiger partial charge in [0.15, 0.2) is 0 Å². The zero-order chi connectivity index (χ0) is 15.4. The van der Waals surface area contributed by atoms with E-state index in [1.165, 1.54) is 5.56 Å². The molecule has 2 aromatic rings. The largest absolute Gasteiger partial charge is 0.310 e. The topological polar surface area (TPSA) is 24.9 Å². The number of benzene rings is 1. The van der Waals surface area contributed by atoms with Crippen molar-refractivity contribution in [1.29, 1.82) is 0 Å². The fourth-order valence-electron chi connectivity index (χ4n) is 2.52. The Balaban J connectivity index is 2.32. The summed E-state index contributed by atoms with van der Waals surface area (Å²) in [6, 6.07) is 9.97. The molecule has 1 N–H and O–H groups in total. The third kappa shape index (κ3) is 4.19. The number of hydrogen-bond donors (Lipinski definition) is 1. The lowest BCUT2D eigenvalue weighted by atomic mass is 9.97. The lowest BCUT2D eigenvalue weighted by molar-refractivity contribution is 0.545. The van der Waals surface area contributed by atoms with E-state index in [9.17, 15) is 0 Å². The van der Waals surface area contributed by atoms with Crippen molar-refractivity contribution in [2.24, 2.45) is 0 Å². The molecule has 1 aromatic carbocycles. The van der Waals surface area contributed by atoms with Gasteiger partial charge in [-0.15, -0.1) is 0 Å². The molecule has 0 fully saturated rings. The Hall–Kier alpha value is -1.09. The van der Waals surface area contributed by atoms with Crippen LogP contribution in [0.4, 0.5) is 0 Å². The van der Waals surface area contributed by atoms with Gasteiger partial charge in [-0.2, -0.15) is 0 Å². The first-order valence-electron chi connectivity index (χ1n) is 7.12. The molecular weight excluding hydrogens is 303 g/mol. The molecule has 1 unspecified atom stereocenters. The van der Waals surface area contributed by atoms with Crippen LogP contribution in [0.3, 0.4) is 0 Å². The van der Waals surface area contributed by atoms with Gasteiger partial charge in [-0.25, -0.2) is 0 Å². The molecule has 0 radical (unpaired) electrons. The van der Waals surface area contributed by atoms with E-state index in [1.54, 1.807) is 0 Å². The summed E-state index contributed by atoms with van der Waals surface area (Å²) in [6.45, 7) is 7.04. The van der Waals surface area contributed by atoms with Crippen molar-refractivity contribution in [3.05, 3.63) is 62.9 Å². The van der Waals surface area contributed by atoms with E-state index in [4.69, 9.17) is 23.2 Å². The Bertz CT molecular complexity index is 626. The normalized spacial score (nSPS) is 12.4. The van der Waals surface area contributed by atoms with Gasteiger partial charge < -0.3 is 5.32 Å². The van der Waals surface area contributed by atoms with E-state index in [-0.39, 0.29) is 6.04 Å². The zero-order valence-corrected chi connectivity index (χ0v) is 14.1. The predicted molar refractivity (Wildman–Crippen MR) is 90.3 cm³/mol. The van der Waals surface area contributed by atoms with E-state index in [2.05, 4.69) is 23.3 Å². The Morgan fingerprint density at radius 2 is 1.90 bits per heavy atom. The van der Waals surface area contributed by atoms with Gasteiger partial charge in [0, 0.05) is 27.5 Å². The Morgan fingerprint density at radius 1 is 1.14 bits per heavy atom. The van der Waals surface area contributed by atoms with Crippen LogP contribution in [0.25, 0.3) is 0 Å². The second-order valence-corrected chi connectivity index (χ2v) is 6.02. The van der Waals surface area contributed by atoms with Crippen LogP contribution in [0, 0.1) is 13.8 Å². The number of pyridine rings is 1. The Kier molecular flexibility index (Phi) is 5.63. The number of likely N-dealkylation sites (N-methyl/N-ethyl adjacent to an activating group) is 1. The summed E-state index contributed by atoms with van der Waals surface area (Å²) >= 11 is 12.4. The van der Waals surface area contributed by atoms with Gasteiger partial charge in [-0.1, -0.05) is 36.2 Å². The Labute approximate surface area is 136 Å². The fraction of sp³-hybridized carbons (Fsp3) is 0.353. The van der Waals surface area contributed by atoms with Gasteiger partial charge in [0.2, 0.25) is 0 Å². The molecule has 0 aliphatic carbocycles. The summed E-state index contributed by atoms with van der Waals surface area (Å²) in [5.74, 6) is 0. The van der Waals surface area contributed by atoms with Crippen molar-refractivity contribution in [2.45, 2.75) is 33.2 Å². The summed E-state index contributed by atoms with van der Waals surface area (Å²) in [4.78, 5) is 4.56. The van der Waals surface area contributed by atoms with Crippen LogP contribution in [0.2, 0.25) is 10.0 Å². The van der Waals surface area contributed by atoms with Gasteiger partial charge in [0.1, 0.15) is 0 Å². The van der Waals surface area contributed by atoms with Crippen LogP contribution < -0.4 is 5.32 Å². The maximum absolute atomic E-state index is 6.29. The molecule has 0 bridgehead atoms. The molecule has 21 heavy (non-hydrogen) atoms. The van der Waals surface area contributed by atoms with Crippen LogP contribution in [0.15, 0.2) is 30.3 Å². The van der Waals surface area contributed by atoms with E-state index in [0.717, 1.165) is 34.9 Å². The van der Waals surface area contributed by atoms with Crippen molar-refractivity contribution in [3.8, 4) is 0 Å². The molecule has 1 aromatic heterocycles. The van der Waals surface area contributed by atoms with Crippen LogP contribution in [-0.4, -0.2) is 11.5 Å². The van der Waals surface area contributed by atoms with Crippen molar-refractivity contribution in [2.75, 3.05) is 6.54 Å². The minimum absolute atomic E-state index is 0.180. The molecule has 2 rings (SSSR count). The van der Waals surface area contributed by atoms with Gasteiger partial charge in [0.05, 0.1) is 0 Å². The maximum Gasteiger partial charge on any atom is 0.0439 e. The number of nitrogens with zero attached hydrogens (tertiary/aromatic N) is 1. The summed E-state index contributed by atoms with van der Waals surface area (Å²) in [6.07, 6.45) is 0.790. The first-order chi connectivity index (χ1) is 10.0. The lowest BCUT2D eigenvalue weighted by Gasteiger charge is -2.21. The first kappa shape index (κ1) is 16.3. The van der Waals surface area contributed by atoms with Crippen molar-refractivity contribution < 1.29 is 0 Å². The average Bonchev–Trinajstić information content (AvgIpc) is 2.42. The SMILES string of the molecule is CCNC(Cc1cc(Cl)ccc1Cl)c1ccc(C)nc1C. The molecule has 0 spiro atoms. The minimum Gasteiger partial charge on any atom is -0.310 e. The number of nitrogens with one attached hydrogen (secondary N) is 1. The second kappa shape index (κ2) is 7.26. The minimum atomic E-state index is 0.180. The quantitative estimate of drug-likeness (QED) is 0.846. The molecule has 4 heteroatoms. The van der Waals surface area contributed by atoms with Crippen molar-refractivity contribution in [3.63, 3.8) is 0 Å². The maximum atomic E-state index is 6.29. The van der Waals surface area contributed by atoms with Crippen LogP contribution in [0.5, 0.6) is 0 Å². The number of halogens is 2. The molecule has 0 amide bonds. The molecule has 0 saturated heterocycles. The number of aryl methyl sites for hydroxylation is 2. The van der Waals surface area contributed by atoms with E-state index in [1.807, 2.05) is 38.1 Å². The summed E-state index contributed by atoms with van der Waals surface area (Å²) in [5, 5.41) is 4.97. The summed E-state index contributed by atoms with van der Waals surface area (Å²) in [5.41, 5.74) is 4.35. The highest BCUT2D eigenvalue weighted by molar-refractivity contribution is 6.33. The third-order valence-electron chi connectivity index (χ3n) is 3.52. The van der Waals surface area contributed by atoms with Crippen molar-refractivity contribution in [1.82, 2.24) is 10.3 Å². The predicted octanol–water partition coefficient (Wildman–Crippen LogP) is 4.90. The van der Waals surface area contributed by atoms with Crippen LogP contribution in [-0.2, 0) is 6.42 Å². The van der Waals surface area contributed by atoms with Crippen molar-refractivity contribution >= 4 is 23.2 Å². The third-order valence-corrected chi connectivity index (χ3v) is 4.13. The number of aromatic nitrogens is 1. The van der Waals surface area contributed by atoms with Gasteiger partial charge in [0.25, 0.3) is 0 Å². The van der Waals surface area contributed by atoms with Gasteiger partial charge in [-0.05, 0) is 62.2 Å². The van der Waals surface area contributed by atoms with Crippen LogP contribution >= 0.6 is 23.2 Å². The molecule has 0 aliphatic rings. The highest BCUT2D eigenvalue weighted by Gasteiger charge is 2.16. The highest BCUT2D eigenvalue weighted by Crippen LogP contribution is 2.27. The summed E-state index contributed by atoms with van der Waals surface area (Å²) < 4.78 is 0. The fourth-order valence-corrected chi connectivity index (χ4v) is 2.91. The number of hydrogen-bond acceptors (Lipinski definition) is 2. The molecule has 112 valence electrons. The van der Waals surface area contributed by atoms with E-state index >= 15 is 0 Å². The molecule has 2 nitrogen and oxygen atoms in total. The average molecular weight is 323 g/mol. The molecule has 0 aliphatic heterocycles. The second-order valence-electron chi connectivity index (χ2n) is 5.18.